The zero-order chi connectivity index (χ0) is 11.4. The summed E-state index contributed by atoms with van der Waals surface area (Å²) >= 11 is 3.17. The highest BCUT2D eigenvalue weighted by atomic mass is 79.9. The second-order valence-electron chi connectivity index (χ2n) is 3.39. The molecule has 0 aliphatic rings. The molecule has 1 aromatic rings. The summed E-state index contributed by atoms with van der Waals surface area (Å²) in [5, 5.41) is 0. The van der Waals surface area contributed by atoms with Crippen LogP contribution >= 0.6 is 15.9 Å². The van der Waals surface area contributed by atoms with Crippen molar-refractivity contribution in [3.63, 3.8) is 0 Å². The summed E-state index contributed by atoms with van der Waals surface area (Å²) in [4.78, 5) is 11.8. The van der Waals surface area contributed by atoms with Crippen molar-refractivity contribution in [2.75, 3.05) is 5.75 Å². The van der Waals surface area contributed by atoms with Gasteiger partial charge in [-0.15, -0.1) is 0 Å². The number of hydrogen-bond donors (Lipinski definition) is 0. The summed E-state index contributed by atoms with van der Waals surface area (Å²) in [5.41, 5.74) is 1.12. The zero-order valence-electron chi connectivity index (χ0n) is 8.70. The fraction of sp³-hybridized carbons (Fsp3) is 0.364. The normalized spacial score (nSPS) is 14.6. The van der Waals surface area contributed by atoms with Crippen LogP contribution in [0, 0.1) is 6.92 Å². The summed E-state index contributed by atoms with van der Waals surface area (Å²) < 4.78 is 11.7. The second kappa shape index (κ2) is 5.56. The molecular formula is C11H13BrO2S. The van der Waals surface area contributed by atoms with Crippen LogP contribution < -0.4 is 0 Å². The van der Waals surface area contributed by atoms with Gasteiger partial charge in [0, 0.05) is 4.90 Å². The molecule has 82 valence electrons. The predicted octanol–water partition coefficient (Wildman–Crippen LogP) is 2.46. The molecule has 0 aliphatic heterocycles. The van der Waals surface area contributed by atoms with Gasteiger partial charge in [0.2, 0.25) is 0 Å². The molecule has 1 aromatic carbocycles. The number of benzene rings is 1. The van der Waals surface area contributed by atoms with E-state index >= 15 is 0 Å². The number of carbonyl (C=O) groups excluding carboxylic acids is 1. The van der Waals surface area contributed by atoms with Crippen molar-refractivity contribution < 1.29 is 9.00 Å². The van der Waals surface area contributed by atoms with Crippen LogP contribution in [0.1, 0.15) is 12.5 Å². The van der Waals surface area contributed by atoms with E-state index in [1.807, 2.05) is 19.1 Å². The number of halogens is 1. The highest BCUT2D eigenvalue weighted by Gasteiger charge is 2.14. The Morgan fingerprint density at radius 2 is 1.93 bits per heavy atom. The predicted molar refractivity (Wildman–Crippen MR) is 65.9 cm³/mol. The van der Waals surface area contributed by atoms with Crippen LogP contribution in [0.15, 0.2) is 29.2 Å². The summed E-state index contributed by atoms with van der Waals surface area (Å²) in [7, 11) is -1.22. The first-order chi connectivity index (χ1) is 7.00. The minimum Gasteiger partial charge on any atom is -0.297 e. The SMILES string of the molecule is Cc1ccc([S@](=O)CC(=O)C(C)Br)cc1. The van der Waals surface area contributed by atoms with Gasteiger partial charge in [-0.25, -0.2) is 0 Å². The van der Waals surface area contributed by atoms with Gasteiger partial charge >= 0.3 is 0 Å². The van der Waals surface area contributed by atoms with Crippen molar-refractivity contribution in [3.8, 4) is 0 Å². The van der Waals surface area contributed by atoms with E-state index in [4.69, 9.17) is 0 Å². The van der Waals surface area contributed by atoms with Crippen LogP contribution in [-0.2, 0) is 15.6 Å². The second-order valence-corrected chi connectivity index (χ2v) is 6.21. The van der Waals surface area contributed by atoms with Gasteiger partial charge in [0.1, 0.15) is 0 Å². The van der Waals surface area contributed by atoms with Crippen molar-refractivity contribution in [1.82, 2.24) is 0 Å². The van der Waals surface area contributed by atoms with E-state index in [0.717, 1.165) is 5.56 Å². The van der Waals surface area contributed by atoms with E-state index < -0.39 is 10.8 Å². The van der Waals surface area contributed by atoms with Crippen molar-refractivity contribution in [1.29, 1.82) is 0 Å². The Kier molecular flexibility index (Phi) is 4.67. The van der Waals surface area contributed by atoms with Crippen molar-refractivity contribution in [2.45, 2.75) is 23.6 Å². The lowest BCUT2D eigenvalue weighted by molar-refractivity contribution is -0.115. The third kappa shape index (κ3) is 3.87. The van der Waals surface area contributed by atoms with Crippen molar-refractivity contribution >= 4 is 32.5 Å². The van der Waals surface area contributed by atoms with Gasteiger partial charge in [0.15, 0.2) is 5.78 Å². The van der Waals surface area contributed by atoms with E-state index in [1.54, 1.807) is 19.1 Å². The number of ketones is 1. The van der Waals surface area contributed by atoms with E-state index in [2.05, 4.69) is 15.9 Å². The lowest BCUT2D eigenvalue weighted by Gasteiger charge is -2.03. The van der Waals surface area contributed by atoms with Gasteiger partial charge in [-0.3, -0.25) is 9.00 Å². The molecule has 0 aromatic heterocycles. The van der Waals surface area contributed by atoms with Crippen LogP contribution in [0.5, 0.6) is 0 Å². The number of aryl methyl sites for hydroxylation is 1. The van der Waals surface area contributed by atoms with Crippen LogP contribution in [0.3, 0.4) is 0 Å². The molecule has 0 spiro atoms. The number of Topliss-reactive ketones (excluding diaryl/α,β-unsaturated/α-hetero) is 1. The quantitative estimate of drug-likeness (QED) is 0.798. The number of rotatable bonds is 4. The molecule has 0 amide bonds. The first kappa shape index (κ1) is 12.6. The monoisotopic (exact) mass is 288 g/mol. The largest absolute Gasteiger partial charge is 0.297 e. The molecular weight excluding hydrogens is 276 g/mol. The van der Waals surface area contributed by atoms with E-state index in [1.165, 1.54) is 0 Å². The number of hydrogen-bond acceptors (Lipinski definition) is 2. The van der Waals surface area contributed by atoms with Crippen LogP contribution in [0.25, 0.3) is 0 Å². The average molecular weight is 289 g/mol. The third-order valence-electron chi connectivity index (χ3n) is 2.00. The summed E-state index contributed by atoms with van der Waals surface area (Å²) in [6, 6.07) is 7.40. The first-order valence-corrected chi connectivity index (χ1v) is 6.86. The molecule has 0 N–H and O–H groups in total. The Morgan fingerprint density at radius 1 is 1.40 bits per heavy atom. The van der Waals surface area contributed by atoms with E-state index in [9.17, 15) is 9.00 Å². The van der Waals surface area contributed by atoms with Gasteiger partial charge < -0.3 is 0 Å². The third-order valence-corrected chi connectivity index (χ3v) is 3.86. The Balaban J connectivity index is 2.69. The molecule has 0 radical (unpaired) electrons. The lowest BCUT2D eigenvalue weighted by atomic mass is 10.2. The molecule has 0 aliphatic carbocycles. The highest BCUT2D eigenvalue weighted by Crippen LogP contribution is 2.10. The van der Waals surface area contributed by atoms with Crippen LogP contribution in [-0.4, -0.2) is 20.6 Å². The molecule has 0 bridgehead atoms. The standard InChI is InChI=1S/C11H13BrO2S/c1-8-3-5-10(6-4-8)15(14)7-11(13)9(2)12/h3-6,9H,7H2,1-2H3/t9?,15-/m1/s1. The first-order valence-electron chi connectivity index (χ1n) is 4.62. The van der Waals surface area contributed by atoms with Crippen molar-refractivity contribution in [2.24, 2.45) is 0 Å². The Bertz CT molecular complexity index is 371. The smallest absolute Gasteiger partial charge is 0.158 e. The molecule has 0 fully saturated rings. The molecule has 15 heavy (non-hydrogen) atoms. The maximum Gasteiger partial charge on any atom is 0.158 e. The van der Waals surface area contributed by atoms with Gasteiger partial charge in [-0.2, -0.15) is 0 Å². The minimum absolute atomic E-state index is 0.0334. The summed E-state index contributed by atoms with van der Waals surface area (Å²) in [5.74, 6) is 0.0454. The molecule has 4 heteroatoms. The number of carbonyl (C=O) groups is 1. The van der Waals surface area contributed by atoms with Gasteiger partial charge in [-0.05, 0) is 26.0 Å². The molecule has 0 heterocycles. The Morgan fingerprint density at radius 3 is 2.40 bits per heavy atom. The molecule has 1 unspecified atom stereocenters. The van der Waals surface area contributed by atoms with Gasteiger partial charge in [0.05, 0.1) is 21.4 Å². The maximum absolute atomic E-state index is 11.7. The Labute approximate surface area is 101 Å². The number of alkyl halides is 1. The topological polar surface area (TPSA) is 34.1 Å². The molecule has 2 atom stereocenters. The van der Waals surface area contributed by atoms with Gasteiger partial charge in [0.25, 0.3) is 0 Å². The van der Waals surface area contributed by atoms with Crippen molar-refractivity contribution in [3.05, 3.63) is 29.8 Å². The van der Waals surface area contributed by atoms with Crippen LogP contribution in [0.4, 0.5) is 0 Å². The van der Waals surface area contributed by atoms with Gasteiger partial charge in [-0.1, -0.05) is 33.6 Å². The summed E-state index contributed by atoms with van der Waals surface area (Å²) in [6.45, 7) is 3.72. The summed E-state index contributed by atoms with van der Waals surface area (Å²) in [6.07, 6.45) is 0. The average Bonchev–Trinajstić information content (AvgIpc) is 2.18. The molecule has 2 nitrogen and oxygen atoms in total. The van der Waals surface area contributed by atoms with E-state index in [0.29, 0.717) is 4.90 Å². The maximum atomic E-state index is 11.7. The molecule has 1 rings (SSSR count). The lowest BCUT2D eigenvalue weighted by Crippen LogP contribution is -2.18. The molecule has 0 saturated carbocycles. The Hall–Kier alpha value is -0.480. The zero-order valence-corrected chi connectivity index (χ0v) is 11.1. The van der Waals surface area contributed by atoms with Crippen LogP contribution in [0.2, 0.25) is 0 Å². The highest BCUT2D eigenvalue weighted by molar-refractivity contribution is 9.10. The van der Waals surface area contributed by atoms with E-state index in [-0.39, 0.29) is 16.4 Å². The molecule has 0 saturated heterocycles. The fourth-order valence-corrected chi connectivity index (χ4v) is 2.51. The fourth-order valence-electron chi connectivity index (χ4n) is 1.02. The minimum atomic E-state index is -1.22.